The molecule has 1 aromatic rings. The molecular weight excluding hydrogens is 185 g/mol. The summed E-state index contributed by atoms with van der Waals surface area (Å²) in [4.78, 5) is 0. The van der Waals surface area contributed by atoms with Gasteiger partial charge in [-0.1, -0.05) is 12.1 Å². The lowest BCUT2D eigenvalue weighted by Crippen LogP contribution is -2.17. The molecule has 0 saturated heterocycles. The van der Waals surface area contributed by atoms with Crippen molar-refractivity contribution in [2.45, 2.75) is 6.04 Å². The Hall–Kier alpha value is -1.13. The van der Waals surface area contributed by atoms with Crippen LogP contribution in [-0.2, 0) is 4.74 Å². The molecule has 0 radical (unpaired) electrons. The van der Waals surface area contributed by atoms with E-state index in [9.17, 15) is 4.39 Å². The fourth-order valence-corrected chi connectivity index (χ4v) is 1.24. The van der Waals surface area contributed by atoms with E-state index in [1.165, 1.54) is 14.2 Å². The minimum Gasteiger partial charge on any atom is -0.494 e. The molecule has 78 valence electrons. The van der Waals surface area contributed by atoms with E-state index < -0.39 is 11.9 Å². The molecule has 0 spiro atoms. The van der Waals surface area contributed by atoms with Crippen molar-refractivity contribution in [1.82, 2.24) is 0 Å². The van der Waals surface area contributed by atoms with Crippen LogP contribution in [0.25, 0.3) is 0 Å². The van der Waals surface area contributed by atoms with E-state index in [2.05, 4.69) is 0 Å². The first kappa shape index (κ1) is 10.9. The number of methoxy groups -OCH3 is 2. The standard InChI is InChI=1S/C10H14FNO2/c1-13-6-8(12)7-4-3-5-9(14-2)10(7)11/h3-5,8H,6,12H2,1-2H3. The molecule has 2 N–H and O–H groups in total. The smallest absolute Gasteiger partial charge is 0.169 e. The molecule has 0 aliphatic heterocycles. The fraction of sp³-hybridized carbons (Fsp3) is 0.400. The highest BCUT2D eigenvalue weighted by molar-refractivity contribution is 5.32. The van der Waals surface area contributed by atoms with E-state index in [1.54, 1.807) is 18.2 Å². The van der Waals surface area contributed by atoms with Crippen LogP contribution >= 0.6 is 0 Å². The summed E-state index contributed by atoms with van der Waals surface area (Å²) < 4.78 is 23.3. The van der Waals surface area contributed by atoms with Crippen LogP contribution < -0.4 is 10.5 Å². The first-order valence-corrected chi connectivity index (χ1v) is 4.27. The lowest BCUT2D eigenvalue weighted by Gasteiger charge is -2.13. The van der Waals surface area contributed by atoms with Crippen LogP contribution in [0.5, 0.6) is 5.75 Å². The Balaban J connectivity index is 2.96. The van der Waals surface area contributed by atoms with E-state index >= 15 is 0 Å². The molecule has 1 aromatic carbocycles. The van der Waals surface area contributed by atoms with Gasteiger partial charge in [0, 0.05) is 12.7 Å². The van der Waals surface area contributed by atoms with Gasteiger partial charge in [-0.15, -0.1) is 0 Å². The number of halogens is 1. The third kappa shape index (κ3) is 2.21. The van der Waals surface area contributed by atoms with Crippen molar-refractivity contribution in [2.24, 2.45) is 5.73 Å². The summed E-state index contributed by atoms with van der Waals surface area (Å²) in [6.07, 6.45) is 0. The Kier molecular flexibility index (Phi) is 3.85. The molecule has 1 rings (SSSR count). The maximum absolute atomic E-state index is 13.6. The molecule has 0 bridgehead atoms. The highest BCUT2D eigenvalue weighted by atomic mass is 19.1. The molecular formula is C10H14FNO2. The quantitative estimate of drug-likeness (QED) is 0.798. The highest BCUT2D eigenvalue weighted by Crippen LogP contribution is 2.23. The van der Waals surface area contributed by atoms with Crippen molar-refractivity contribution in [1.29, 1.82) is 0 Å². The normalized spacial score (nSPS) is 12.6. The predicted molar refractivity (Wildman–Crippen MR) is 51.8 cm³/mol. The van der Waals surface area contributed by atoms with Gasteiger partial charge in [0.1, 0.15) is 0 Å². The van der Waals surface area contributed by atoms with Crippen LogP contribution in [0.4, 0.5) is 4.39 Å². The summed E-state index contributed by atoms with van der Waals surface area (Å²) in [7, 11) is 2.95. The summed E-state index contributed by atoms with van der Waals surface area (Å²) in [5, 5.41) is 0. The Bertz CT molecular complexity index is 304. The maximum Gasteiger partial charge on any atom is 0.169 e. The number of ether oxygens (including phenoxy) is 2. The summed E-state index contributed by atoms with van der Waals surface area (Å²) in [5.41, 5.74) is 6.12. The van der Waals surface area contributed by atoms with Gasteiger partial charge in [0.2, 0.25) is 0 Å². The number of hydrogen-bond donors (Lipinski definition) is 1. The molecule has 0 heterocycles. The van der Waals surface area contributed by atoms with Crippen molar-refractivity contribution in [3.63, 3.8) is 0 Å². The lowest BCUT2D eigenvalue weighted by molar-refractivity contribution is 0.179. The van der Waals surface area contributed by atoms with Gasteiger partial charge in [0.25, 0.3) is 0 Å². The summed E-state index contributed by atoms with van der Waals surface area (Å²) in [6.45, 7) is 0.282. The van der Waals surface area contributed by atoms with E-state index in [0.29, 0.717) is 5.56 Å². The number of rotatable bonds is 4. The van der Waals surface area contributed by atoms with Crippen LogP contribution in [0.3, 0.4) is 0 Å². The van der Waals surface area contributed by atoms with Crippen LogP contribution in [0.15, 0.2) is 18.2 Å². The average molecular weight is 199 g/mol. The van der Waals surface area contributed by atoms with Crippen LogP contribution in [0.2, 0.25) is 0 Å². The summed E-state index contributed by atoms with van der Waals surface area (Å²) in [6, 6.07) is 4.42. The third-order valence-electron chi connectivity index (χ3n) is 1.96. The second-order valence-corrected chi connectivity index (χ2v) is 2.93. The zero-order valence-corrected chi connectivity index (χ0v) is 8.29. The van der Waals surface area contributed by atoms with Crippen LogP contribution in [-0.4, -0.2) is 20.8 Å². The van der Waals surface area contributed by atoms with Gasteiger partial charge in [-0.25, -0.2) is 4.39 Å². The molecule has 1 atom stereocenters. The Morgan fingerprint density at radius 2 is 2.14 bits per heavy atom. The van der Waals surface area contributed by atoms with Gasteiger partial charge in [0.05, 0.1) is 19.8 Å². The second-order valence-electron chi connectivity index (χ2n) is 2.93. The lowest BCUT2D eigenvalue weighted by atomic mass is 10.1. The Labute approximate surface area is 82.6 Å². The van der Waals surface area contributed by atoms with Gasteiger partial charge in [-0.05, 0) is 6.07 Å². The Morgan fingerprint density at radius 1 is 1.43 bits per heavy atom. The van der Waals surface area contributed by atoms with Gasteiger partial charge in [-0.3, -0.25) is 0 Å². The molecule has 3 nitrogen and oxygen atoms in total. The summed E-state index contributed by atoms with van der Waals surface area (Å²) >= 11 is 0. The topological polar surface area (TPSA) is 44.5 Å². The van der Waals surface area contributed by atoms with Crippen molar-refractivity contribution in [3.8, 4) is 5.75 Å². The molecule has 0 aliphatic carbocycles. The van der Waals surface area contributed by atoms with Crippen molar-refractivity contribution in [3.05, 3.63) is 29.6 Å². The van der Waals surface area contributed by atoms with Gasteiger partial charge in [-0.2, -0.15) is 0 Å². The Morgan fingerprint density at radius 3 is 2.71 bits per heavy atom. The monoisotopic (exact) mass is 199 g/mol. The van der Waals surface area contributed by atoms with Gasteiger partial charge in [0.15, 0.2) is 11.6 Å². The third-order valence-corrected chi connectivity index (χ3v) is 1.96. The van der Waals surface area contributed by atoms with E-state index in [0.717, 1.165) is 0 Å². The minimum absolute atomic E-state index is 0.203. The molecule has 0 aromatic heterocycles. The van der Waals surface area contributed by atoms with E-state index in [1.807, 2.05) is 0 Å². The number of nitrogens with two attached hydrogens (primary N) is 1. The molecule has 4 heteroatoms. The van der Waals surface area contributed by atoms with Crippen molar-refractivity contribution in [2.75, 3.05) is 20.8 Å². The zero-order valence-electron chi connectivity index (χ0n) is 8.29. The van der Waals surface area contributed by atoms with Crippen molar-refractivity contribution >= 4 is 0 Å². The van der Waals surface area contributed by atoms with E-state index in [-0.39, 0.29) is 12.4 Å². The first-order chi connectivity index (χ1) is 6.70. The minimum atomic E-state index is -0.463. The predicted octanol–water partition coefficient (Wildman–Crippen LogP) is 1.48. The molecule has 0 saturated carbocycles. The molecule has 14 heavy (non-hydrogen) atoms. The maximum atomic E-state index is 13.6. The molecule has 0 aliphatic rings. The SMILES string of the molecule is COCC(N)c1cccc(OC)c1F. The van der Waals surface area contributed by atoms with Gasteiger partial charge < -0.3 is 15.2 Å². The van der Waals surface area contributed by atoms with Crippen LogP contribution in [0, 0.1) is 5.82 Å². The number of hydrogen-bond acceptors (Lipinski definition) is 3. The zero-order chi connectivity index (χ0) is 10.6. The summed E-state index contributed by atoms with van der Waals surface area (Å²) in [5.74, 6) is -0.214. The van der Waals surface area contributed by atoms with Crippen LogP contribution in [0.1, 0.15) is 11.6 Å². The molecule has 0 fully saturated rings. The fourth-order valence-electron chi connectivity index (χ4n) is 1.24. The second kappa shape index (κ2) is 4.93. The largest absolute Gasteiger partial charge is 0.494 e. The molecule has 1 unspecified atom stereocenters. The first-order valence-electron chi connectivity index (χ1n) is 4.27. The van der Waals surface area contributed by atoms with E-state index in [4.69, 9.17) is 15.2 Å². The molecule has 0 amide bonds. The highest BCUT2D eigenvalue weighted by Gasteiger charge is 2.14. The average Bonchev–Trinajstić information content (AvgIpc) is 2.18. The van der Waals surface area contributed by atoms with Gasteiger partial charge >= 0.3 is 0 Å². The number of benzene rings is 1. The van der Waals surface area contributed by atoms with Crippen molar-refractivity contribution < 1.29 is 13.9 Å².